The largest absolute Gasteiger partial charge is 0.390 e. The fraction of sp³-hybridized carbons (Fsp3) is 0.364. The SMILES string of the molecule is [B]C(=O)NC(Cc1ccccc1)[C@H](O)CCl. The zero-order valence-electron chi connectivity index (χ0n) is 8.77. The van der Waals surface area contributed by atoms with Gasteiger partial charge in [-0.05, 0) is 12.0 Å². The Hall–Kier alpha value is -0.995. The number of aliphatic hydroxyl groups excluding tert-OH is 1. The van der Waals surface area contributed by atoms with Crippen LogP contribution in [0.2, 0.25) is 0 Å². The van der Waals surface area contributed by atoms with Gasteiger partial charge in [-0.1, -0.05) is 30.3 Å². The molecule has 1 aromatic carbocycles. The molecule has 2 radical (unpaired) electrons. The van der Waals surface area contributed by atoms with E-state index in [0.29, 0.717) is 6.42 Å². The van der Waals surface area contributed by atoms with E-state index in [1.165, 1.54) is 0 Å². The summed E-state index contributed by atoms with van der Waals surface area (Å²) in [7, 11) is 5.04. The van der Waals surface area contributed by atoms with Gasteiger partial charge in [0.15, 0.2) is 5.81 Å². The Morgan fingerprint density at radius 2 is 2.06 bits per heavy atom. The van der Waals surface area contributed by atoms with Gasteiger partial charge >= 0.3 is 0 Å². The van der Waals surface area contributed by atoms with Crippen LogP contribution < -0.4 is 5.32 Å². The molecule has 0 aromatic heterocycles. The highest BCUT2D eigenvalue weighted by molar-refractivity contribution is 6.57. The van der Waals surface area contributed by atoms with Crippen LogP contribution in [0.25, 0.3) is 0 Å². The maximum atomic E-state index is 10.8. The number of aliphatic hydroxyl groups is 1. The minimum atomic E-state index is -0.811. The molecule has 0 fully saturated rings. The number of benzene rings is 1. The van der Waals surface area contributed by atoms with Crippen molar-refractivity contribution in [2.24, 2.45) is 0 Å². The number of rotatable bonds is 5. The molecule has 1 unspecified atom stereocenters. The molecule has 0 aliphatic carbocycles. The second-order valence-corrected chi connectivity index (χ2v) is 3.84. The highest BCUT2D eigenvalue weighted by Crippen LogP contribution is 2.07. The number of carbonyl (C=O) groups excluding carboxylic acids is 1. The fourth-order valence-corrected chi connectivity index (χ4v) is 1.66. The molecule has 5 heteroatoms. The van der Waals surface area contributed by atoms with E-state index >= 15 is 0 Å². The van der Waals surface area contributed by atoms with Gasteiger partial charge in [-0.25, -0.2) is 0 Å². The number of nitrogens with one attached hydrogen (secondary N) is 1. The average molecular weight is 237 g/mol. The summed E-state index contributed by atoms with van der Waals surface area (Å²) in [5.74, 6) is -0.609. The van der Waals surface area contributed by atoms with Gasteiger partial charge in [0.25, 0.3) is 0 Å². The van der Waals surface area contributed by atoms with Gasteiger partial charge < -0.3 is 10.4 Å². The van der Waals surface area contributed by atoms with Crippen LogP contribution >= 0.6 is 11.6 Å². The predicted octanol–water partition coefficient (Wildman–Crippen LogP) is 1.08. The Balaban J connectivity index is 2.67. The molecule has 0 aliphatic heterocycles. The van der Waals surface area contributed by atoms with Crippen molar-refractivity contribution in [3.05, 3.63) is 35.9 Å². The molecule has 0 aliphatic rings. The Morgan fingerprint density at radius 3 is 2.56 bits per heavy atom. The van der Waals surface area contributed by atoms with Gasteiger partial charge in [-0.3, -0.25) is 4.79 Å². The standard InChI is InChI=1S/C11H13BClNO2/c12-11(16)14-9(10(15)7-13)6-8-4-2-1-3-5-8/h1-5,9-10,15H,6-7H2,(H,14,16)/t9?,10-/m1/s1. The number of carbonyl (C=O) groups is 1. The molecule has 0 saturated carbocycles. The van der Waals surface area contributed by atoms with Crippen molar-refractivity contribution in [1.29, 1.82) is 0 Å². The van der Waals surface area contributed by atoms with Crippen LogP contribution in [0.4, 0.5) is 4.79 Å². The van der Waals surface area contributed by atoms with Crippen LogP contribution in [0.3, 0.4) is 0 Å². The van der Waals surface area contributed by atoms with Gasteiger partial charge in [-0.2, -0.15) is 0 Å². The molecule has 1 amide bonds. The lowest BCUT2D eigenvalue weighted by molar-refractivity contribution is 0.151. The highest BCUT2D eigenvalue weighted by atomic mass is 35.5. The molecular weight excluding hydrogens is 224 g/mol. The lowest BCUT2D eigenvalue weighted by Crippen LogP contribution is -2.45. The molecular formula is C11H13BClNO2. The first-order valence-corrected chi connectivity index (χ1v) is 5.51. The van der Waals surface area contributed by atoms with Gasteiger partial charge in [0.05, 0.1) is 18.0 Å². The molecule has 0 spiro atoms. The molecule has 16 heavy (non-hydrogen) atoms. The van der Waals surface area contributed by atoms with Crippen LogP contribution in [0.15, 0.2) is 30.3 Å². The highest BCUT2D eigenvalue weighted by Gasteiger charge is 2.19. The maximum Gasteiger partial charge on any atom is 0.200 e. The molecule has 2 atom stereocenters. The van der Waals surface area contributed by atoms with Gasteiger partial charge in [0.1, 0.15) is 0 Å². The summed E-state index contributed by atoms with van der Waals surface area (Å²) in [4.78, 5) is 10.8. The smallest absolute Gasteiger partial charge is 0.200 e. The summed E-state index contributed by atoms with van der Waals surface area (Å²) in [5, 5.41) is 12.1. The predicted molar refractivity (Wildman–Crippen MR) is 64.9 cm³/mol. The molecule has 1 aromatic rings. The van der Waals surface area contributed by atoms with Crippen LogP contribution in [0.5, 0.6) is 0 Å². The minimum Gasteiger partial charge on any atom is -0.390 e. The molecule has 0 saturated heterocycles. The number of amides is 1. The summed E-state index contributed by atoms with van der Waals surface area (Å²) in [6.45, 7) is 0. The summed E-state index contributed by atoms with van der Waals surface area (Å²) in [6, 6.07) is 9.05. The van der Waals surface area contributed by atoms with E-state index in [1.807, 2.05) is 30.3 Å². The van der Waals surface area contributed by atoms with Crippen LogP contribution in [0, 0.1) is 0 Å². The quantitative estimate of drug-likeness (QED) is 0.595. The van der Waals surface area contributed by atoms with Crippen molar-refractivity contribution >= 4 is 25.3 Å². The lowest BCUT2D eigenvalue weighted by Gasteiger charge is -2.22. The second-order valence-electron chi connectivity index (χ2n) is 3.53. The maximum absolute atomic E-state index is 10.8. The van der Waals surface area contributed by atoms with Gasteiger partial charge in [0.2, 0.25) is 7.85 Å². The average Bonchev–Trinajstić information content (AvgIpc) is 2.28. The third-order valence-corrected chi connectivity index (χ3v) is 2.56. The van der Waals surface area contributed by atoms with Gasteiger partial charge in [0, 0.05) is 0 Å². The summed E-state index contributed by atoms with van der Waals surface area (Å²) in [6.07, 6.45) is -0.313. The van der Waals surface area contributed by atoms with Gasteiger partial charge in [-0.15, -0.1) is 11.6 Å². The van der Waals surface area contributed by atoms with E-state index in [9.17, 15) is 9.90 Å². The number of hydrogen-bond donors (Lipinski definition) is 2. The van der Waals surface area contributed by atoms with E-state index in [2.05, 4.69) is 5.32 Å². The van der Waals surface area contributed by atoms with Crippen molar-refractivity contribution in [2.45, 2.75) is 18.6 Å². The van der Waals surface area contributed by atoms with Crippen molar-refractivity contribution in [3.63, 3.8) is 0 Å². The molecule has 84 valence electrons. The van der Waals surface area contributed by atoms with Crippen LogP contribution in [-0.4, -0.2) is 36.8 Å². The molecule has 1 rings (SSSR count). The first-order chi connectivity index (χ1) is 7.63. The van der Waals surface area contributed by atoms with Crippen molar-refractivity contribution in [3.8, 4) is 0 Å². The molecule has 0 bridgehead atoms. The third kappa shape index (κ3) is 4.25. The Labute approximate surface area is 101 Å². The number of hydrogen-bond acceptors (Lipinski definition) is 2. The zero-order valence-corrected chi connectivity index (χ0v) is 9.52. The first kappa shape index (κ1) is 13.1. The first-order valence-electron chi connectivity index (χ1n) is 4.97. The van der Waals surface area contributed by atoms with E-state index in [1.54, 1.807) is 0 Å². The summed E-state index contributed by atoms with van der Waals surface area (Å²) in [5.41, 5.74) is 1.01. The molecule has 3 nitrogen and oxygen atoms in total. The van der Waals surface area contributed by atoms with Crippen molar-refractivity contribution < 1.29 is 9.90 Å². The van der Waals surface area contributed by atoms with E-state index < -0.39 is 18.0 Å². The number of alkyl halides is 1. The second kappa shape index (κ2) is 6.56. The lowest BCUT2D eigenvalue weighted by atomic mass is 10.00. The van der Waals surface area contributed by atoms with Crippen LogP contribution in [-0.2, 0) is 6.42 Å². The topological polar surface area (TPSA) is 49.3 Å². The molecule has 2 N–H and O–H groups in total. The minimum absolute atomic E-state index is 0.0534. The van der Waals surface area contributed by atoms with E-state index in [-0.39, 0.29) is 5.88 Å². The normalized spacial score (nSPS) is 14.1. The van der Waals surface area contributed by atoms with Crippen molar-refractivity contribution in [2.75, 3.05) is 5.88 Å². The summed E-state index contributed by atoms with van der Waals surface area (Å²) >= 11 is 5.55. The Bertz CT molecular complexity index is 334. The van der Waals surface area contributed by atoms with E-state index in [0.717, 1.165) is 5.56 Å². The third-order valence-electron chi connectivity index (χ3n) is 2.25. The summed E-state index contributed by atoms with van der Waals surface area (Å²) < 4.78 is 0. The van der Waals surface area contributed by atoms with E-state index in [4.69, 9.17) is 19.4 Å². The zero-order chi connectivity index (χ0) is 12.0. The van der Waals surface area contributed by atoms with Crippen molar-refractivity contribution in [1.82, 2.24) is 5.32 Å². The Kier molecular flexibility index (Phi) is 5.36. The van der Waals surface area contributed by atoms with Crippen LogP contribution in [0.1, 0.15) is 5.56 Å². The number of halogens is 1. The molecule has 0 heterocycles. The monoisotopic (exact) mass is 237 g/mol. The Morgan fingerprint density at radius 1 is 1.44 bits per heavy atom. The fourth-order valence-electron chi connectivity index (χ4n) is 1.44.